The number of hydrogen-bond donors (Lipinski definition) is 1. The molecular weight excluding hydrogens is 548 g/mol. The van der Waals surface area contributed by atoms with Crippen LogP contribution >= 0.6 is 0 Å². The maximum Gasteiger partial charge on any atom is 0.330 e. The molecule has 0 radical (unpaired) electrons. The second-order valence-corrected chi connectivity index (χ2v) is 8.04. The van der Waals surface area contributed by atoms with Crippen LogP contribution in [-0.2, 0) is 61.8 Å². The van der Waals surface area contributed by atoms with E-state index in [1.807, 2.05) is 0 Å². The highest BCUT2D eigenvalue weighted by Gasteiger charge is 1.97. The molecule has 0 amide bonds. The van der Waals surface area contributed by atoms with E-state index in [0.717, 1.165) is 18.9 Å². The Labute approximate surface area is 244 Å². The van der Waals surface area contributed by atoms with Crippen molar-refractivity contribution in [3.05, 3.63) is 12.7 Å². The molecule has 0 atom stereocenters. The SMILES string of the molecule is C=CC(=O)OCCCCOCCOCCOCCOCCOCCOCCOCCOCCOCCOCCOO. The van der Waals surface area contributed by atoms with E-state index < -0.39 is 5.97 Å². The summed E-state index contributed by atoms with van der Waals surface area (Å²) < 4.78 is 58.8. The van der Waals surface area contributed by atoms with Gasteiger partial charge in [-0.1, -0.05) is 6.58 Å². The second kappa shape index (κ2) is 36.8. The molecule has 0 unspecified atom stereocenters. The molecule has 1 N–H and O–H groups in total. The molecule has 0 spiro atoms. The molecule has 0 aromatic heterocycles. The summed E-state index contributed by atoms with van der Waals surface area (Å²) in [7, 11) is 0. The first kappa shape index (κ1) is 39.7. The molecule has 0 bridgehead atoms. The van der Waals surface area contributed by atoms with Crippen LogP contribution in [0.15, 0.2) is 12.7 Å². The van der Waals surface area contributed by atoms with Crippen molar-refractivity contribution < 1.29 is 67.0 Å². The van der Waals surface area contributed by atoms with E-state index in [1.165, 1.54) is 0 Å². The summed E-state index contributed by atoms with van der Waals surface area (Å²) in [6, 6.07) is 0. The molecule has 0 heterocycles. The van der Waals surface area contributed by atoms with Crippen LogP contribution in [-0.4, -0.2) is 157 Å². The first-order valence-electron chi connectivity index (χ1n) is 14.1. The Bertz CT molecular complexity index is 526. The van der Waals surface area contributed by atoms with Crippen molar-refractivity contribution in [2.45, 2.75) is 12.8 Å². The molecule has 0 aromatic carbocycles. The quantitative estimate of drug-likeness (QED) is 0.0360. The molecule has 0 rings (SSSR count). The summed E-state index contributed by atoms with van der Waals surface area (Å²) in [5, 5.41) is 8.13. The molecule has 0 saturated heterocycles. The average molecular weight is 601 g/mol. The van der Waals surface area contributed by atoms with E-state index >= 15 is 0 Å². The standard InChI is InChI=1S/C27H52O14/c1-2-27(28)40-6-4-3-5-30-7-8-31-9-10-32-11-12-33-13-14-34-15-16-35-17-18-36-19-20-37-21-22-38-23-24-39-25-26-41-29/h2,29H,1,3-26H2. The zero-order chi connectivity index (χ0) is 29.7. The van der Waals surface area contributed by atoms with Gasteiger partial charge in [0.05, 0.1) is 132 Å². The van der Waals surface area contributed by atoms with Gasteiger partial charge in [-0.2, -0.15) is 0 Å². The number of hydrogen-bond acceptors (Lipinski definition) is 14. The van der Waals surface area contributed by atoms with Crippen molar-refractivity contribution in [3.63, 3.8) is 0 Å². The van der Waals surface area contributed by atoms with E-state index in [-0.39, 0.29) is 6.61 Å². The Hall–Kier alpha value is -1.27. The molecule has 244 valence electrons. The number of rotatable bonds is 36. The van der Waals surface area contributed by atoms with E-state index in [4.69, 9.17) is 57.4 Å². The fourth-order valence-electron chi connectivity index (χ4n) is 2.72. The van der Waals surface area contributed by atoms with Gasteiger partial charge in [0.25, 0.3) is 0 Å². The van der Waals surface area contributed by atoms with E-state index in [9.17, 15) is 4.79 Å². The van der Waals surface area contributed by atoms with Crippen LogP contribution in [0.3, 0.4) is 0 Å². The molecule has 0 aliphatic rings. The molecule has 14 heteroatoms. The lowest BCUT2D eigenvalue weighted by Gasteiger charge is -2.09. The largest absolute Gasteiger partial charge is 0.463 e. The van der Waals surface area contributed by atoms with Gasteiger partial charge in [-0.15, -0.1) is 0 Å². The van der Waals surface area contributed by atoms with Crippen molar-refractivity contribution >= 4 is 5.97 Å². The highest BCUT2D eigenvalue weighted by atomic mass is 17.1. The topological polar surface area (TPSA) is 148 Å². The van der Waals surface area contributed by atoms with Crippen LogP contribution in [0.2, 0.25) is 0 Å². The molecule has 41 heavy (non-hydrogen) atoms. The van der Waals surface area contributed by atoms with Crippen molar-refractivity contribution in [3.8, 4) is 0 Å². The lowest BCUT2D eigenvalue weighted by Crippen LogP contribution is -2.15. The van der Waals surface area contributed by atoms with Crippen molar-refractivity contribution in [1.82, 2.24) is 0 Å². The third-order valence-electron chi connectivity index (χ3n) is 4.76. The van der Waals surface area contributed by atoms with Crippen molar-refractivity contribution in [1.29, 1.82) is 0 Å². The fraction of sp³-hybridized carbons (Fsp3) is 0.889. The molecule has 0 saturated carbocycles. The smallest absolute Gasteiger partial charge is 0.330 e. The average Bonchev–Trinajstić information content (AvgIpc) is 2.99. The summed E-state index contributed by atoms with van der Waals surface area (Å²) in [5.74, 6) is -0.399. The zero-order valence-corrected chi connectivity index (χ0v) is 24.5. The third-order valence-corrected chi connectivity index (χ3v) is 4.76. The van der Waals surface area contributed by atoms with Crippen LogP contribution in [0.5, 0.6) is 0 Å². The van der Waals surface area contributed by atoms with Gasteiger partial charge in [-0.3, -0.25) is 5.26 Å². The van der Waals surface area contributed by atoms with Gasteiger partial charge in [-0.05, 0) is 12.8 Å². The first-order valence-corrected chi connectivity index (χ1v) is 14.1. The highest BCUT2D eigenvalue weighted by molar-refractivity contribution is 5.81. The van der Waals surface area contributed by atoms with Crippen LogP contribution in [0, 0.1) is 0 Å². The van der Waals surface area contributed by atoms with Crippen LogP contribution in [0.25, 0.3) is 0 Å². The molecule has 0 aliphatic heterocycles. The van der Waals surface area contributed by atoms with Gasteiger partial charge in [0, 0.05) is 12.7 Å². The lowest BCUT2D eigenvalue weighted by atomic mass is 10.3. The molecular formula is C27H52O14. The summed E-state index contributed by atoms with van der Waals surface area (Å²) in [6.45, 7) is 13.7. The number of esters is 1. The monoisotopic (exact) mass is 600 g/mol. The van der Waals surface area contributed by atoms with Gasteiger partial charge < -0.3 is 52.1 Å². The predicted molar refractivity (Wildman–Crippen MR) is 147 cm³/mol. The van der Waals surface area contributed by atoms with Gasteiger partial charge in [0.15, 0.2) is 0 Å². The van der Waals surface area contributed by atoms with Crippen molar-refractivity contribution in [2.75, 3.05) is 145 Å². The first-order chi connectivity index (χ1) is 20.3. The summed E-state index contributed by atoms with van der Waals surface area (Å²) >= 11 is 0. The normalized spacial score (nSPS) is 11.2. The van der Waals surface area contributed by atoms with Crippen molar-refractivity contribution in [2.24, 2.45) is 0 Å². The van der Waals surface area contributed by atoms with E-state index in [2.05, 4.69) is 11.5 Å². The van der Waals surface area contributed by atoms with Gasteiger partial charge in [0.1, 0.15) is 6.61 Å². The zero-order valence-electron chi connectivity index (χ0n) is 24.5. The van der Waals surface area contributed by atoms with E-state index in [1.54, 1.807) is 0 Å². The Balaban J connectivity index is 3.04. The molecule has 0 aliphatic carbocycles. The van der Waals surface area contributed by atoms with E-state index in [0.29, 0.717) is 139 Å². The Morgan fingerprint density at radius 1 is 0.415 bits per heavy atom. The maximum atomic E-state index is 10.9. The molecule has 0 fully saturated rings. The van der Waals surface area contributed by atoms with Crippen LogP contribution < -0.4 is 0 Å². The lowest BCUT2D eigenvalue weighted by molar-refractivity contribution is -0.249. The summed E-state index contributed by atoms with van der Waals surface area (Å²) in [5.41, 5.74) is 0. The Morgan fingerprint density at radius 2 is 0.659 bits per heavy atom. The molecule has 14 nitrogen and oxygen atoms in total. The maximum absolute atomic E-state index is 10.9. The summed E-state index contributed by atoms with van der Waals surface area (Å²) in [4.78, 5) is 14.7. The number of carbonyl (C=O) groups is 1. The fourth-order valence-corrected chi connectivity index (χ4v) is 2.72. The number of carbonyl (C=O) groups excluding carboxylic acids is 1. The third kappa shape index (κ3) is 36.7. The van der Waals surface area contributed by atoms with Crippen LogP contribution in [0.4, 0.5) is 0 Å². The predicted octanol–water partition coefficient (Wildman–Crippen LogP) is 1.15. The summed E-state index contributed by atoms with van der Waals surface area (Å²) in [6.07, 6.45) is 2.73. The van der Waals surface area contributed by atoms with Gasteiger partial charge in [-0.25, -0.2) is 9.68 Å². The number of unbranched alkanes of at least 4 members (excludes halogenated alkanes) is 1. The minimum Gasteiger partial charge on any atom is -0.463 e. The number of ether oxygens (including phenoxy) is 11. The van der Waals surface area contributed by atoms with Gasteiger partial charge >= 0.3 is 5.97 Å². The minimum atomic E-state index is -0.399. The second-order valence-electron chi connectivity index (χ2n) is 8.04. The highest BCUT2D eigenvalue weighted by Crippen LogP contribution is 1.93. The van der Waals surface area contributed by atoms with Crippen LogP contribution in [0.1, 0.15) is 12.8 Å². The van der Waals surface area contributed by atoms with Gasteiger partial charge in [0.2, 0.25) is 0 Å². The Kier molecular flexibility index (Phi) is 35.6. The minimum absolute atomic E-state index is 0.148. The Morgan fingerprint density at radius 3 is 0.927 bits per heavy atom. The molecule has 0 aromatic rings.